The largest absolute Gasteiger partial charge is 0.399 e. The van der Waals surface area contributed by atoms with Gasteiger partial charge in [-0.3, -0.25) is 4.90 Å². The van der Waals surface area contributed by atoms with Gasteiger partial charge in [-0.2, -0.15) is 0 Å². The Balaban J connectivity index is 1.75. The third-order valence-corrected chi connectivity index (χ3v) is 4.57. The summed E-state index contributed by atoms with van der Waals surface area (Å²) in [6.07, 6.45) is 5.44. The van der Waals surface area contributed by atoms with E-state index in [-0.39, 0.29) is 0 Å². The highest BCUT2D eigenvalue weighted by atomic mass is 15.2. The van der Waals surface area contributed by atoms with Gasteiger partial charge in [-0.05, 0) is 56.8 Å². The number of anilines is 1. The highest BCUT2D eigenvalue weighted by Crippen LogP contribution is 2.49. The van der Waals surface area contributed by atoms with Crippen molar-refractivity contribution in [2.24, 2.45) is 0 Å². The van der Waals surface area contributed by atoms with Gasteiger partial charge in [0.05, 0.1) is 0 Å². The highest BCUT2D eigenvalue weighted by Gasteiger charge is 2.46. The summed E-state index contributed by atoms with van der Waals surface area (Å²) in [6, 6.07) is 9.32. The molecule has 2 nitrogen and oxygen atoms in total. The molecular weight excluding hydrogens is 208 g/mol. The van der Waals surface area contributed by atoms with E-state index >= 15 is 0 Å². The second kappa shape index (κ2) is 4.02. The SMILES string of the molecule is CC1CCCN1CC1(c2ccc(N)cc2)CC1. The molecule has 0 bridgehead atoms. The molecule has 1 heterocycles. The van der Waals surface area contributed by atoms with Gasteiger partial charge < -0.3 is 5.73 Å². The summed E-state index contributed by atoms with van der Waals surface area (Å²) in [5.74, 6) is 0. The predicted molar refractivity (Wildman–Crippen MR) is 72.0 cm³/mol. The molecule has 0 amide bonds. The van der Waals surface area contributed by atoms with Crippen LogP contribution in [0.1, 0.15) is 38.2 Å². The molecular formula is C15H22N2. The summed E-state index contributed by atoms with van der Waals surface area (Å²) < 4.78 is 0. The fourth-order valence-corrected chi connectivity index (χ4v) is 3.14. The molecule has 2 aliphatic rings. The van der Waals surface area contributed by atoms with Gasteiger partial charge in [-0.1, -0.05) is 12.1 Å². The van der Waals surface area contributed by atoms with Crippen molar-refractivity contribution in [1.82, 2.24) is 4.90 Å². The number of nitrogens with two attached hydrogens (primary N) is 1. The quantitative estimate of drug-likeness (QED) is 0.809. The molecule has 1 saturated heterocycles. The first-order valence-electron chi connectivity index (χ1n) is 6.80. The first-order chi connectivity index (χ1) is 8.20. The fourth-order valence-electron chi connectivity index (χ4n) is 3.14. The van der Waals surface area contributed by atoms with Crippen molar-refractivity contribution in [1.29, 1.82) is 0 Å². The molecule has 2 fully saturated rings. The van der Waals surface area contributed by atoms with Crippen molar-refractivity contribution in [3.05, 3.63) is 29.8 Å². The van der Waals surface area contributed by atoms with E-state index in [1.807, 2.05) is 12.1 Å². The van der Waals surface area contributed by atoms with E-state index in [1.165, 1.54) is 44.3 Å². The molecule has 0 spiro atoms. The topological polar surface area (TPSA) is 29.3 Å². The molecule has 1 atom stereocenters. The Morgan fingerprint density at radius 3 is 2.53 bits per heavy atom. The normalized spacial score (nSPS) is 27.2. The van der Waals surface area contributed by atoms with E-state index < -0.39 is 0 Å². The third-order valence-electron chi connectivity index (χ3n) is 4.57. The fraction of sp³-hybridized carbons (Fsp3) is 0.600. The lowest BCUT2D eigenvalue weighted by molar-refractivity contribution is 0.244. The highest BCUT2D eigenvalue weighted by molar-refractivity contribution is 5.43. The van der Waals surface area contributed by atoms with E-state index in [0.717, 1.165) is 11.7 Å². The first kappa shape index (κ1) is 11.1. The number of nitrogens with zero attached hydrogens (tertiary/aromatic N) is 1. The average molecular weight is 230 g/mol. The van der Waals surface area contributed by atoms with E-state index in [4.69, 9.17) is 5.73 Å². The number of benzene rings is 1. The minimum atomic E-state index is 0.451. The summed E-state index contributed by atoms with van der Waals surface area (Å²) in [7, 11) is 0. The lowest BCUT2D eigenvalue weighted by atomic mass is 9.95. The van der Waals surface area contributed by atoms with Gasteiger partial charge in [0, 0.05) is 23.7 Å². The number of nitrogen functional groups attached to an aromatic ring is 1. The number of rotatable bonds is 3. The van der Waals surface area contributed by atoms with Crippen molar-refractivity contribution in [3.63, 3.8) is 0 Å². The minimum Gasteiger partial charge on any atom is -0.399 e. The smallest absolute Gasteiger partial charge is 0.0314 e. The van der Waals surface area contributed by atoms with Crippen LogP contribution in [0.2, 0.25) is 0 Å². The van der Waals surface area contributed by atoms with Crippen LogP contribution in [0.15, 0.2) is 24.3 Å². The number of hydrogen-bond acceptors (Lipinski definition) is 2. The van der Waals surface area contributed by atoms with Crippen molar-refractivity contribution >= 4 is 5.69 Å². The minimum absolute atomic E-state index is 0.451. The summed E-state index contributed by atoms with van der Waals surface area (Å²) in [5, 5.41) is 0. The molecule has 0 aromatic heterocycles. The van der Waals surface area contributed by atoms with Crippen LogP contribution >= 0.6 is 0 Å². The van der Waals surface area contributed by atoms with Crippen LogP contribution < -0.4 is 5.73 Å². The van der Waals surface area contributed by atoms with Crippen molar-refractivity contribution in [2.45, 2.75) is 44.1 Å². The van der Waals surface area contributed by atoms with E-state index in [2.05, 4.69) is 24.0 Å². The number of likely N-dealkylation sites (tertiary alicyclic amines) is 1. The van der Waals surface area contributed by atoms with Gasteiger partial charge in [0.1, 0.15) is 0 Å². The van der Waals surface area contributed by atoms with Gasteiger partial charge in [0.25, 0.3) is 0 Å². The molecule has 17 heavy (non-hydrogen) atoms. The second-order valence-electron chi connectivity index (χ2n) is 5.86. The Labute approximate surface area is 104 Å². The maximum absolute atomic E-state index is 5.77. The molecule has 1 aliphatic carbocycles. The standard InChI is InChI=1S/C15H22N2/c1-12-3-2-10-17(12)11-15(8-9-15)13-4-6-14(16)7-5-13/h4-7,12H,2-3,8-11,16H2,1H3. The Morgan fingerprint density at radius 2 is 2.00 bits per heavy atom. The van der Waals surface area contributed by atoms with E-state index in [0.29, 0.717) is 5.41 Å². The summed E-state index contributed by atoms with van der Waals surface area (Å²) >= 11 is 0. The first-order valence-corrected chi connectivity index (χ1v) is 6.80. The van der Waals surface area contributed by atoms with Crippen LogP contribution in [-0.4, -0.2) is 24.0 Å². The molecule has 92 valence electrons. The maximum Gasteiger partial charge on any atom is 0.0314 e. The molecule has 1 saturated carbocycles. The van der Waals surface area contributed by atoms with Gasteiger partial charge >= 0.3 is 0 Å². The van der Waals surface area contributed by atoms with Crippen LogP contribution in [0.3, 0.4) is 0 Å². The van der Waals surface area contributed by atoms with E-state index in [1.54, 1.807) is 0 Å². The Hall–Kier alpha value is -1.02. The van der Waals surface area contributed by atoms with Crippen molar-refractivity contribution in [2.75, 3.05) is 18.8 Å². The Morgan fingerprint density at radius 1 is 1.29 bits per heavy atom. The molecule has 0 radical (unpaired) electrons. The lowest BCUT2D eigenvalue weighted by Gasteiger charge is -2.27. The average Bonchev–Trinajstić information content (AvgIpc) is 2.99. The molecule has 2 heteroatoms. The van der Waals surface area contributed by atoms with Crippen LogP contribution in [0.25, 0.3) is 0 Å². The molecule has 1 aromatic rings. The summed E-state index contributed by atoms with van der Waals surface area (Å²) in [5.41, 5.74) is 8.58. The van der Waals surface area contributed by atoms with Crippen LogP contribution in [0, 0.1) is 0 Å². The van der Waals surface area contributed by atoms with Gasteiger partial charge in [0.2, 0.25) is 0 Å². The lowest BCUT2D eigenvalue weighted by Crippen LogP contribution is -2.34. The Bertz CT molecular complexity index is 392. The van der Waals surface area contributed by atoms with Gasteiger partial charge in [-0.25, -0.2) is 0 Å². The molecule has 3 rings (SSSR count). The van der Waals surface area contributed by atoms with Crippen LogP contribution in [0.5, 0.6) is 0 Å². The van der Waals surface area contributed by atoms with E-state index in [9.17, 15) is 0 Å². The zero-order chi connectivity index (χ0) is 11.9. The van der Waals surface area contributed by atoms with Crippen LogP contribution in [-0.2, 0) is 5.41 Å². The second-order valence-corrected chi connectivity index (χ2v) is 5.86. The van der Waals surface area contributed by atoms with Gasteiger partial charge in [-0.15, -0.1) is 0 Å². The Kier molecular flexibility index (Phi) is 2.62. The molecule has 1 aliphatic heterocycles. The van der Waals surface area contributed by atoms with Crippen molar-refractivity contribution < 1.29 is 0 Å². The maximum atomic E-state index is 5.77. The predicted octanol–water partition coefficient (Wildman–Crippen LogP) is 2.78. The number of hydrogen-bond donors (Lipinski definition) is 1. The monoisotopic (exact) mass is 230 g/mol. The summed E-state index contributed by atoms with van der Waals surface area (Å²) in [6.45, 7) is 4.90. The zero-order valence-corrected chi connectivity index (χ0v) is 10.7. The molecule has 2 N–H and O–H groups in total. The summed E-state index contributed by atoms with van der Waals surface area (Å²) in [4.78, 5) is 2.67. The van der Waals surface area contributed by atoms with Crippen molar-refractivity contribution in [3.8, 4) is 0 Å². The van der Waals surface area contributed by atoms with Gasteiger partial charge in [0.15, 0.2) is 0 Å². The molecule has 1 aromatic carbocycles. The zero-order valence-electron chi connectivity index (χ0n) is 10.7. The molecule has 1 unspecified atom stereocenters. The van der Waals surface area contributed by atoms with Crippen LogP contribution in [0.4, 0.5) is 5.69 Å². The third kappa shape index (κ3) is 2.06.